The molecule has 0 radical (unpaired) electrons. The Hall–Kier alpha value is -2.36. The van der Waals surface area contributed by atoms with Gasteiger partial charge in [0.25, 0.3) is 15.9 Å². The lowest BCUT2D eigenvalue weighted by Gasteiger charge is -2.30. The fourth-order valence-electron chi connectivity index (χ4n) is 3.04. The van der Waals surface area contributed by atoms with E-state index in [4.69, 9.17) is 11.6 Å². The molecule has 1 aliphatic rings. The van der Waals surface area contributed by atoms with Gasteiger partial charge in [0.2, 0.25) is 0 Å². The van der Waals surface area contributed by atoms with E-state index in [1.165, 1.54) is 36.5 Å². The van der Waals surface area contributed by atoms with Crippen LogP contribution in [0.4, 0.5) is 11.5 Å². The van der Waals surface area contributed by atoms with Gasteiger partial charge in [0.1, 0.15) is 5.82 Å². The summed E-state index contributed by atoms with van der Waals surface area (Å²) in [5.74, 6) is 0.268. The van der Waals surface area contributed by atoms with Crippen LogP contribution in [0.15, 0.2) is 41.4 Å². The van der Waals surface area contributed by atoms with Gasteiger partial charge in [-0.3, -0.25) is 9.52 Å². The number of rotatable bonds is 7. The van der Waals surface area contributed by atoms with Crippen LogP contribution in [0.2, 0.25) is 5.02 Å². The van der Waals surface area contributed by atoms with Crippen molar-refractivity contribution in [3.63, 3.8) is 0 Å². The standard InChI is InChI=1S/C20H26ClN5O3S/c1-3-14(2)24-20(27)18-12-16(13-23-19(18)26-10-8-22-9-11-26)25-30(28,29)17-6-4-15(21)5-7-17/h4-7,12-14,22,25H,3,8-11H2,1-2H3,(H,24,27)/t14-/m0/s1. The predicted octanol–water partition coefficient (Wildman–Crippen LogP) is 2.47. The number of aromatic nitrogens is 1. The summed E-state index contributed by atoms with van der Waals surface area (Å²) >= 11 is 5.84. The van der Waals surface area contributed by atoms with Crippen molar-refractivity contribution in [2.45, 2.75) is 31.2 Å². The molecule has 8 nitrogen and oxygen atoms in total. The molecule has 1 fully saturated rings. The van der Waals surface area contributed by atoms with Gasteiger partial charge in [-0.25, -0.2) is 13.4 Å². The second-order valence-corrected chi connectivity index (χ2v) is 9.29. The van der Waals surface area contributed by atoms with Gasteiger partial charge < -0.3 is 15.5 Å². The molecule has 1 atom stereocenters. The molecule has 1 aromatic carbocycles. The summed E-state index contributed by atoms with van der Waals surface area (Å²) in [5, 5.41) is 6.65. The van der Waals surface area contributed by atoms with Crippen molar-refractivity contribution < 1.29 is 13.2 Å². The normalized spacial score (nSPS) is 15.5. The lowest BCUT2D eigenvalue weighted by Crippen LogP contribution is -2.45. The minimum absolute atomic E-state index is 0.0113. The fraction of sp³-hybridized carbons (Fsp3) is 0.400. The molecule has 2 heterocycles. The van der Waals surface area contributed by atoms with Crippen molar-refractivity contribution >= 4 is 39.0 Å². The Labute approximate surface area is 182 Å². The molecule has 1 aromatic heterocycles. The van der Waals surface area contributed by atoms with Crippen molar-refractivity contribution in [3.05, 3.63) is 47.1 Å². The smallest absolute Gasteiger partial charge is 0.261 e. The number of amides is 1. The topological polar surface area (TPSA) is 103 Å². The molecule has 3 rings (SSSR count). The summed E-state index contributed by atoms with van der Waals surface area (Å²) < 4.78 is 27.9. The van der Waals surface area contributed by atoms with E-state index in [1.54, 1.807) is 0 Å². The number of anilines is 2. The molecule has 162 valence electrons. The van der Waals surface area contributed by atoms with E-state index in [0.29, 0.717) is 29.5 Å². The van der Waals surface area contributed by atoms with Crippen LogP contribution in [0.3, 0.4) is 0 Å². The molecule has 0 bridgehead atoms. The highest BCUT2D eigenvalue weighted by Gasteiger charge is 2.23. The third kappa shape index (κ3) is 5.41. The minimum Gasteiger partial charge on any atom is -0.353 e. The molecule has 0 unspecified atom stereocenters. The maximum absolute atomic E-state index is 12.9. The summed E-state index contributed by atoms with van der Waals surface area (Å²) in [7, 11) is -3.84. The van der Waals surface area contributed by atoms with Crippen LogP contribution in [-0.2, 0) is 10.0 Å². The maximum Gasteiger partial charge on any atom is 0.261 e. The summed E-state index contributed by atoms with van der Waals surface area (Å²) in [6.45, 7) is 6.91. The lowest BCUT2D eigenvalue weighted by atomic mass is 10.1. The van der Waals surface area contributed by atoms with E-state index in [1.807, 2.05) is 18.7 Å². The van der Waals surface area contributed by atoms with Gasteiger partial charge in [-0.15, -0.1) is 0 Å². The second-order valence-electron chi connectivity index (χ2n) is 7.17. The summed E-state index contributed by atoms with van der Waals surface area (Å²) in [6.07, 6.45) is 2.22. The molecule has 1 aliphatic heterocycles. The highest BCUT2D eigenvalue weighted by molar-refractivity contribution is 7.92. The first-order valence-electron chi connectivity index (χ1n) is 9.85. The number of hydrogen-bond donors (Lipinski definition) is 3. The Morgan fingerprint density at radius 2 is 1.93 bits per heavy atom. The van der Waals surface area contributed by atoms with Gasteiger partial charge in [-0.2, -0.15) is 0 Å². The number of carbonyl (C=O) groups excluding carboxylic acids is 1. The molecule has 1 amide bonds. The van der Waals surface area contributed by atoms with Crippen molar-refractivity contribution in [1.82, 2.24) is 15.6 Å². The van der Waals surface area contributed by atoms with Crippen molar-refractivity contribution in [3.8, 4) is 0 Å². The van der Waals surface area contributed by atoms with Crippen LogP contribution in [0.1, 0.15) is 30.6 Å². The fourth-order valence-corrected chi connectivity index (χ4v) is 4.20. The van der Waals surface area contributed by atoms with Gasteiger partial charge in [-0.1, -0.05) is 18.5 Å². The maximum atomic E-state index is 12.9. The van der Waals surface area contributed by atoms with E-state index in [9.17, 15) is 13.2 Å². The van der Waals surface area contributed by atoms with Gasteiger partial charge in [-0.05, 0) is 43.7 Å². The number of nitrogens with zero attached hydrogens (tertiary/aromatic N) is 2. The van der Waals surface area contributed by atoms with Crippen LogP contribution in [0.25, 0.3) is 0 Å². The number of benzene rings is 1. The van der Waals surface area contributed by atoms with Crippen LogP contribution in [-0.4, -0.2) is 51.5 Å². The van der Waals surface area contributed by atoms with Gasteiger partial charge >= 0.3 is 0 Å². The number of carbonyl (C=O) groups is 1. The first-order valence-corrected chi connectivity index (χ1v) is 11.7. The van der Waals surface area contributed by atoms with E-state index >= 15 is 0 Å². The average Bonchev–Trinajstić information content (AvgIpc) is 2.74. The van der Waals surface area contributed by atoms with Crippen molar-refractivity contribution in [2.75, 3.05) is 35.8 Å². The van der Waals surface area contributed by atoms with Crippen LogP contribution in [0.5, 0.6) is 0 Å². The Morgan fingerprint density at radius 3 is 2.57 bits per heavy atom. The van der Waals surface area contributed by atoms with Crippen LogP contribution >= 0.6 is 11.6 Å². The second kappa shape index (κ2) is 9.63. The number of pyridine rings is 1. The summed E-state index contributed by atoms with van der Waals surface area (Å²) in [5.41, 5.74) is 0.562. The largest absolute Gasteiger partial charge is 0.353 e. The Balaban J connectivity index is 1.92. The molecule has 0 spiro atoms. The third-order valence-electron chi connectivity index (χ3n) is 4.89. The van der Waals surface area contributed by atoms with Gasteiger partial charge in [0, 0.05) is 37.2 Å². The monoisotopic (exact) mass is 451 g/mol. The quantitative estimate of drug-likeness (QED) is 0.597. The van der Waals surface area contributed by atoms with Crippen molar-refractivity contribution in [1.29, 1.82) is 0 Å². The van der Waals surface area contributed by atoms with Gasteiger partial charge in [0.05, 0.1) is 22.3 Å². The Morgan fingerprint density at radius 1 is 1.27 bits per heavy atom. The van der Waals surface area contributed by atoms with Crippen molar-refractivity contribution in [2.24, 2.45) is 0 Å². The van der Waals surface area contributed by atoms with Crippen LogP contribution < -0.4 is 20.3 Å². The van der Waals surface area contributed by atoms with E-state index in [2.05, 4.69) is 20.3 Å². The Kier molecular flexibility index (Phi) is 7.17. The number of piperazine rings is 1. The van der Waals surface area contributed by atoms with E-state index in [0.717, 1.165) is 19.5 Å². The summed E-state index contributed by atoms with van der Waals surface area (Å²) in [4.78, 5) is 19.5. The number of halogens is 1. The predicted molar refractivity (Wildman–Crippen MR) is 119 cm³/mol. The molecule has 30 heavy (non-hydrogen) atoms. The molecular formula is C20H26ClN5O3S. The third-order valence-corrected chi connectivity index (χ3v) is 6.54. The molecule has 0 saturated carbocycles. The minimum atomic E-state index is -3.84. The molecule has 3 N–H and O–H groups in total. The highest BCUT2D eigenvalue weighted by Crippen LogP contribution is 2.24. The number of sulfonamides is 1. The van der Waals surface area contributed by atoms with Gasteiger partial charge in [0.15, 0.2) is 0 Å². The lowest BCUT2D eigenvalue weighted by molar-refractivity contribution is 0.0939. The first-order chi connectivity index (χ1) is 14.3. The molecular weight excluding hydrogens is 426 g/mol. The molecule has 1 saturated heterocycles. The zero-order chi connectivity index (χ0) is 21.7. The first kappa shape index (κ1) is 22.3. The average molecular weight is 452 g/mol. The highest BCUT2D eigenvalue weighted by atomic mass is 35.5. The number of nitrogens with one attached hydrogen (secondary N) is 3. The molecule has 2 aromatic rings. The Bertz CT molecular complexity index is 992. The summed E-state index contributed by atoms with van der Waals surface area (Å²) in [6, 6.07) is 7.38. The molecule has 0 aliphatic carbocycles. The molecule has 10 heteroatoms. The van der Waals surface area contributed by atoms with E-state index in [-0.39, 0.29) is 22.5 Å². The zero-order valence-corrected chi connectivity index (χ0v) is 18.6. The van der Waals surface area contributed by atoms with Crippen LogP contribution in [0, 0.1) is 0 Å². The van der Waals surface area contributed by atoms with E-state index < -0.39 is 10.0 Å². The zero-order valence-electron chi connectivity index (χ0n) is 17.0. The number of hydrogen-bond acceptors (Lipinski definition) is 6. The SMILES string of the molecule is CC[C@H](C)NC(=O)c1cc(NS(=O)(=O)c2ccc(Cl)cc2)cnc1N1CCNCC1.